The van der Waals surface area contributed by atoms with Crippen molar-refractivity contribution in [3.63, 3.8) is 0 Å². The maximum absolute atomic E-state index is 12.9. The molecule has 8 heteroatoms. The van der Waals surface area contributed by atoms with E-state index >= 15 is 0 Å². The molecule has 1 heterocycles. The number of carbonyl (C=O) groups excluding carboxylic acids is 1. The fourth-order valence-electron chi connectivity index (χ4n) is 2.31. The van der Waals surface area contributed by atoms with Gasteiger partial charge in [-0.3, -0.25) is 0 Å². The van der Waals surface area contributed by atoms with E-state index in [1.165, 1.54) is 4.90 Å². The van der Waals surface area contributed by atoms with E-state index in [4.69, 9.17) is 4.74 Å². The molecule has 1 aromatic heterocycles. The van der Waals surface area contributed by atoms with Gasteiger partial charge in [-0.2, -0.15) is 4.98 Å². The van der Waals surface area contributed by atoms with Crippen molar-refractivity contribution >= 4 is 23.5 Å². The highest BCUT2D eigenvalue weighted by atomic mass is 16.5. The molecule has 0 aliphatic carbocycles. The Morgan fingerprint density at radius 3 is 2.36 bits per heavy atom. The summed E-state index contributed by atoms with van der Waals surface area (Å²) < 4.78 is 5.20. The van der Waals surface area contributed by atoms with Gasteiger partial charge in [-0.1, -0.05) is 0 Å². The summed E-state index contributed by atoms with van der Waals surface area (Å²) >= 11 is 0. The third-order valence-electron chi connectivity index (χ3n) is 4.22. The van der Waals surface area contributed by atoms with E-state index in [2.05, 4.69) is 20.6 Å². The van der Waals surface area contributed by atoms with Gasteiger partial charge in [0.05, 0.1) is 24.4 Å². The third kappa shape index (κ3) is 5.56. The summed E-state index contributed by atoms with van der Waals surface area (Å²) in [7, 11) is 1.59. The number of anilines is 3. The minimum absolute atomic E-state index is 0.0390. The van der Waals surface area contributed by atoms with Gasteiger partial charge < -0.3 is 20.5 Å². The molecule has 2 aromatic rings. The average molecular weight is 387 g/mol. The van der Waals surface area contributed by atoms with E-state index < -0.39 is 5.60 Å². The smallest absolute Gasteiger partial charge is 0.327 e. The van der Waals surface area contributed by atoms with Gasteiger partial charge in [0.15, 0.2) is 0 Å². The molecule has 0 saturated carbocycles. The Bertz CT molecular complexity index is 787. The molecule has 0 aliphatic heterocycles. The van der Waals surface area contributed by atoms with Gasteiger partial charge in [0.1, 0.15) is 11.6 Å². The van der Waals surface area contributed by atoms with E-state index in [1.54, 1.807) is 57.5 Å². The lowest BCUT2D eigenvalue weighted by Crippen LogP contribution is -2.41. The molecular formula is C20H29N5O3. The zero-order chi connectivity index (χ0) is 20.9. The number of methoxy groups -OCH3 is 1. The van der Waals surface area contributed by atoms with Gasteiger partial charge in [-0.25, -0.2) is 14.7 Å². The number of hydrogen-bond donors (Lipinski definition) is 3. The van der Waals surface area contributed by atoms with Crippen LogP contribution in [0.2, 0.25) is 0 Å². The van der Waals surface area contributed by atoms with Gasteiger partial charge >= 0.3 is 6.03 Å². The molecule has 0 fully saturated rings. The number of amides is 2. The molecule has 0 unspecified atom stereocenters. The van der Waals surface area contributed by atoms with E-state index in [1.807, 2.05) is 20.8 Å². The summed E-state index contributed by atoms with van der Waals surface area (Å²) in [6.07, 6.45) is 1.57. The molecule has 0 aliphatic rings. The number of aromatic nitrogens is 2. The van der Waals surface area contributed by atoms with Gasteiger partial charge in [0.2, 0.25) is 5.95 Å². The number of carbonyl (C=O) groups is 1. The van der Waals surface area contributed by atoms with Crippen LogP contribution in [0.25, 0.3) is 0 Å². The second-order valence-electron chi connectivity index (χ2n) is 7.40. The van der Waals surface area contributed by atoms with Crippen LogP contribution in [-0.2, 0) is 0 Å². The van der Waals surface area contributed by atoms with Crippen LogP contribution >= 0.6 is 0 Å². The van der Waals surface area contributed by atoms with E-state index in [0.717, 1.165) is 0 Å². The van der Waals surface area contributed by atoms with Crippen LogP contribution in [0.4, 0.5) is 22.2 Å². The largest absolute Gasteiger partial charge is 0.497 e. The van der Waals surface area contributed by atoms with E-state index in [-0.39, 0.29) is 18.1 Å². The van der Waals surface area contributed by atoms with Crippen LogP contribution in [0.15, 0.2) is 36.5 Å². The van der Waals surface area contributed by atoms with Crippen molar-refractivity contribution in [1.29, 1.82) is 0 Å². The number of benzene rings is 1. The highest BCUT2D eigenvalue weighted by Crippen LogP contribution is 2.27. The fraction of sp³-hybridized carbons (Fsp3) is 0.450. The second kappa shape index (κ2) is 8.88. The van der Waals surface area contributed by atoms with Crippen LogP contribution in [-0.4, -0.2) is 45.9 Å². The standard InChI is InChI=1S/C20H29N5O3/c1-13(2)22-19(26)25(15-7-9-16(28-6)10-8-15)17-11-12-21-18(24-17)23-14(3)20(4,5)27/h7-14,27H,1-6H3,(H,22,26)(H,21,23,24)/t14-/m0/s1. The maximum atomic E-state index is 12.9. The molecule has 2 rings (SSSR count). The van der Waals surface area contributed by atoms with Crippen molar-refractivity contribution in [2.24, 2.45) is 0 Å². The van der Waals surface area contributed by atoms with Crippen molar-refractivity contribution in [2.75, 3.05) is 17.3 Å². The van der Waals surface area contributed by atoms with Crippen LogP contribution in [0.5, 0.6) is 5.75 Å². The van der Waals surface area contributed by atoms with Crippen LogP contribution in [0.1, 0.15) is 34.6 Å². The highest BCUT2D eigenvalue weighted by molar-refractivity contribution is 5.98. The molecule has 0 saturated heterocycles. The first kappa shape index (κ1) is 21.4. The SMILES string of the molecule is COc1ccc(N(C(=O)NC(C)C)c2ccnc(N[C@@H](C)C(C)(C)O)n2)cc1. The Balaban J connectivity index is 2.39. The molecule has 8 nitrogen and oxygen atoms in total. The minimum Gasteiger partial charge on any atom is -0.497 e. The highest BCUT2D eigenvalue weighted by Gasteiger charge is 2.24. The number of nitrogens with zero attached hydrogens (tertiary/aromatic N) is 3. The topological polar surface area (TPSA) is 99.6 Å². The molecule has 152 valence electrons. The molecule has 28 heavy (non-hydrogen) atoms. The average Bonchev–Trinajstić information content (AvgIpc) is 2.61. The van der Waals surface area contributed by atoms with E-state index in [0.29, 0.717) is 23.2 Å². The zero-order valence-electron chi connectivity index (χ0n) is 17.2. The molecule has 3 N–H and O–H groups in total. The predicted molar refractivity (Wildman–Crippen MR) is 110 cm³/mol. The molecule has 1 aromatic carbocycles. The van der Waals surface area contributed by atoms with Crippen molar-refractivity contribution < 1.29 is 14.6 Å². The lowest BCUT2D eigenvalue weighted by molar-refractivity contribution is 0.0646. The van der Waals surface area contributed by atoms with Gasteiger partial charge in [-0.15, -0.1) is 0 Å². The predicted octanol–water partition coefficient (Wildman–Crippen LogP) is 3.31. The summed E-state index contributed by atoms with van der Waals surface area (Å²) in [6, 6.07) is 8.15. The van der Waals surface area contributed by atoms with Crippen molar-refractivity contribution in [2.45, 2.75) is 52.3 Å². The summed E-state index contributed by atoms with van der Waals surface area (Å²) in [5, 5.41) is 16.1. The maximum Gasteiger partial charge on any atom is 0.327 e. The summed E-state index contributed by atoms with van der Waals surface area (Å²) in [5.41, 5.74) is -0.316. The molecular weight excluding hydrogens is 358 g/mol. The Hall–Kier alpha value is -2.87. The molecule has 0 radical (unpaired) electrons. The lowest BCUT2D eigenvalue weighted by Gasteiger charge is -2.27. The Labute approximate surface area is 166 Å². The van der Waals surface area contributed by atoms with Crippen LogP contribution < -0.4 is 20.3 Å². The first-order valence-corrected chi connectivity index (χ1v) is 9.18. The molecule has 1 atom stereocenters. The number of aliphatic hydroxyl groups is 1. The Morgan fingerprint density at radius 2 is 1.82 bits per heavy atom. The third-order valence-corrected chi connectivity index (χ3v) is 4.22. The molecule has 2 amide bonds. The number of hydrogen-bond acceptors (Lipinski definition) is 6. The number of urea groups is 1. The quantitative estimate of drug-likeness (QED) is 0.674. The Morgan fingerprint density at radius 1 is 1.18 bits per heavy atom. The molecule has 0 spiro atoms. The lowest BCUT2D eigenvalue weighted by atomic mass is 10.0. The Kier molecular flexibility index (Phi) is 6.80. The van der Waals surface area contributed by atoms with E-state index in [9.17, 15) is 9.90 Å². The van der Waals surface area contributed by atoms with Crippen LogP contribution in [0.3, 0.4) is 0 Å². The van der Waals surface area contributed by atoms with Crippen molar-refractivity contribution in [3.8, 4) is 5.75 Å². The summed E-state index contributed by atoms with van der Waals surface area (Å²) in [4.78, 5) is 23.0. The summed E-state index contributed by atoms with van der Waals surface area (Å²) in [6.45, 7) is 9.02. The second-order valence-corrected chi connectivity index (χ2v) is 7.40. The van der Waals surface area contributed by atoms with Gasteiger partial charge in [-0.05, 0) is 58.9 Å². The van der Waals surface area contributed by atoms with Crippen molar-refractivity contribution in [1.82, 2.24) is 15.3 Å². The van der Waals surface area contributed by atoms with Crippen molar-refractivity contribution in [3.05, 3.63) is 36.5 Å². The normalized spacial score (nSPS) is 12.4. The number of rotatable bonds is 7. The summed E-state index contributed by atoms with van der Waals surface area (Å²) in [5.74, 6) is 1.42. The minimum atomic E-state index is -0.954. The van der Waals surface area contributed by atoms with Gasteiger partial charge in [0, 0.05) is 18.3 Å². The zero-order valence-corrected chi connectivity index (χ0v) is 17.2. The van der Waals surface area contributed by atoms with Crippen LogP contribution in [0, 0.1) is 0 Å². The first-order chi connectivity index (χ1) is 13.1. The fourth-order valence-corrected chi connectivity index (χ4v) is 2.31. The first-order valence-electron chi connectivity index (χ1n) is 9.18. The number of ether oxygens (including phenoxy) is 1. The molecule has 0 bridgehead atoms. The monoisotopic (exact) mass is 387 g/mol. The van der Waals surface area contributed by atoms with Gasteiger partial charge in [0.25, 0.3) is 0 Å². The number of nitrogens with one attached hydrogen (secondary N) is 2.